The Kier molecular flexibility index (Phi) is 8.43. The minimum absolute atomic E-state index is 0.143. The first-order chi connectivity index (χ1) is 18.2. The number of nitrogens with one attached hydrogen (secondary N) is 2. The highest BCUT2D eigenvalue weighted by Crippen LogP contribution is 2.35. The molecule has 38 heavy (non-hydrogen) atoms. The van der Waals surface area contributed by atoms with Gasteiger partial charge < -0.3 is 33.8 Å². The highest BCUT2D eigenvalue weighted by molar-refractivity contribution is 5.88. The van der Waals surface area contributed by atoms with E-state index in [0.29, 0.717) is 42.6 Å². The zero-order valence-electron chi connectivity index (χ0n) is 22.2. The van der Waals surface area contributed by atoms with Crippen LogP contribution in [0.5, 0.6) is 17.2 Å². The number of oxazole rings is 1. The van der Waals surface area contributed by atoms with Gasteiger partial charge in [-0.05, 0) is 63.4 Å². The molecule has 10 nitrogen and oxygen atoms in total. The molecule has 10 heteroatoms. The number of benzene rings is 2. The van der Waals surface area contributed by atoms with E-state index in [2.05, 4.69) is 29.5 Å². The zero-order chi connectivity index (χ0) is 27.2. The number of carbonyl (C=O) groups is 1. The van der Waals surface area contributed by atoms with Gasteiger partial charge in [-0.15, -0.1) is 0 Å². The monoisotopic (exact) mass is 525 g/mol. The van der Waals surface area contributed by atoms with Gasteiger partial charge in [0, 0.05) is 23.7 Å². The van der Waals surface area contributed by atoms with Gasteiger partial charge in [0.1, 0.15) is 5.75 Å². The first-order valence-corrected chi connectivity index (χ1v) is 12.6. The number of nitrogens with zero attached hydrogens (tertiary/aromatic N) is 1. The lowest BCUT2D eigenvalue weighted by Crippen LogP contribution is -2.62. The van der Waals surface area contributed by atoms with E-state index in [4.69, 9.17) is 23.4 Å². The molecule has 0 aliphatic carbocycles. The van der Waals surface area contributed by atoms with Crippen LogP contribution in [0.3, 0.4) is 0 Å². The van der Waals surface area contributed by atoms with E-state index in [-0.39, 0.29) is 11.1 Å². The second-order valence-corrected chi connectivity index (χ2v) is 9.82. The molecule has 1 saturated heterocycles. The Morgan fingerprint density at radius 3 is 2.58 bits per heavy atom. The van der Waals surface area contributed by atoms with Crippen LogP contribution in [-0.4, -0.2) is 54.9 Å². The van der Waals surface area contributed by atoms with Crippen LogP contribution in [-0.2, 0) is 4.74 Å². The predicted octanol–water partition coefficient (Wildman–Crippen LogP) is 5.16. The largest absolute Gasteiger partial charge is 0.496 e. The molecule has 2 heterocycles. The number of hydrogen-bond acceptors (Lipinski definition) is 9. The van der Waals surface area contributed by atoms with E-state index in [1.807, 2.05) is 18.2 Å². The third-order valence-corrected chi connectivity index (χ3v) is 6.45. The first kappa shape index (κ1) is 27.3. The van der Waals surface area contributed by atoms with Crippen LogP contribution in [0.2, 0.25) is 0 Å². The van der Waals surface area contributed by atoms with Gasteiger partial charge in [0.05, 0.1) is 44.8 Å². The fraction of sp³-hybridized carbons (Fsp3) is 0.429. The quantitative estimate of drug-likeness (QED) is 0.273. The van der Waals surface area contributed by atoms with Crippen molar-refractivity contribution in [3.05, 3.63) is 54.6 Å². The van der Waals surface area contributed by atoms with Crippen molar-refractivity contribution < 1.29 is 33.3 Å². The van der Waals surface area contributed by atoms with Crippen LogP contribution < -0.4 is 24.8 Å². The molecular formula is C28H35N3O7. The maximum Gasteiger partial charge on any atom is 0.335 e. The molecule has 1 aromatic heterocycles. The van der Waals surface area contributed by atoms with Crippen LogP contribution >= 0.6 is 0 Å². The third-order valence-electron chi connectivity index (χ3n) is 6.45. The van der Waals surface area contributed by atoms with E-state index in [1.165, 1.54) is 25.6 Å². The van der Waals surface area contributed by atoms with E-state index in [1.54, 1.807) is 19.4 Å². The number of carboxylic acids is 1. The Bertz CT molecular complexity index is 1220. The van der Waals surface area contributed by atoms with Gasteiger partial charge in [-0.2, -0.15) is 0 Å². The Morgan fingerprint density at radius 1 is 1.11 bits per heavy atom. The molecule has 204 valence electrons. The van der Waals surface area contributed by atoms with Gasteiger partial charge in [-0.1, -0.05) is 0 Å². The lowest BCUT2D eigenvalue weighted by molar-refractivity contribution is -0.0971. The summed E-state index contributed by atoms with van der Waals surface area (Å²) in [4.78, 5) is 15.2. The molecule has 3 N–H and O–H groups in total. The SMILES string of the molecule is COc1cc(C(=O)O)ccc1OCCC(C)(C)NC1(Nc2ccc(-c3cnco3)c(OC)c2)CCCCO1. The third kappa shape index (κ3) is 6.56. The predicted molar refractivity (Wildman–Crippen MR) is 142 cm³/mol. The highest BCUT2D eigenvalue weighted by atomic mass is 16.5. The van der Waals surface area contributed by atoms with Gasteiger partial charge in [-0.3, -0.25) is 5.32 Å². The van der Waals surface area contributed by atoms with Crippen molar-refractivity contribution in [1.82, 2.24) is 10.3 Å². The number of methoxy groups -OCH3 is 2. The normalized spacial score (nSPS) is 17.6. The zero-order valence-corrected chi connectivity index (χ0v) is 22.2. The minimum Gasteiger partial charge on any atom is -0.496 e. The average Bonchev–Trinajstić information content (AvgIpc) is 3.43. The summed E-state index contributed by atoms with van der Waals surface area (Å²) in [6, 6.07) is 10.4. The first-order valence-electron chi connectivity index (χ1n) is 12.6. The Hall–Kier alpha value is -3.76. The van der Waals surface area contributed by atoms with Crippen molar-refractivity contribution in [2.75, 3.05) is 32.8 Å². The molecule has 1 aliphatic heterocycles. The number of aromatic carboxylic acids is 1. The second kappa shape index (κ2) is 11.7. The summed E-state index contributed by atoms with van der Waals surface area (Å²) < 4.78 is 28.7. The topological polar surface area (TPSA) is 124 Å². The molecule has 2 aromatic carbocycles. The van der Waals surface area contributed by atoms with E-state index < -0.39 is 11.8 Å². The number of ether oxygens (including phenoxy) is 4. The standard InChI is InChI=1S/C28H35N3O7/c1-27(2,12-14-36-22-10-7-19(26(32)33)15-24(22)35-4)31-28(11-5-6-13-38-28)30-20-8-9-21(23(16-20)34-3)25-17-29-18-37-25/h7-10,15-18,30-31H,5-6,11-14H2,1-4H3,(H,32,33). The number of hydrogen-bond donors (Lipinski definition) is 3. The molecule has 0 saturated carbocycles. The van der Waals surface area contributed by atoms with Gasteiger partial charge in [0.25, 0.3) is 0 Å². The fourth-order valence-corrected chi connectivity index (χ4v) is 4.52. The molecule has 1 aliphatic rings. The Labute approximate surface area is 222 Å². The maximum absolute atomic E-state index is 11.2. The summed E-state index contributed by atoms with van der Waals surface area (Å²) in [5, 5.41) is 16.5. The van der Waals surface area contributed by atoms with Gasteiger partial charge in [0.15, 0.2) is 29.5 Å². The van der Waals surface area contributed by atoms with Gasteiger partial charge >= 0.3 is 5.97 Å². The van der Waals surface area contributed by atoms with Crippen molar-refractivity contribution in [2.24, 2.45) is 0 Å². The Morgan fingerprint density at radius 2 is 1.92 bits per heavy atom. The van der Waals surface area contributed by atoms with E-state index >= 15 is 0 Å². The van der Waals surface area contributed by atoms with E-state index in [0.717, 1.165) is 30.5 Å². The molecule has 1 atom stereocenters. The summed E-state index contributed by atoms with van der Waals surface area (Å²) >= 11 is 0. The highest BCUT2D eigenvalue weighted by Gasteiger charge is 2.38. The molecule has 4 rings (SSSR count). The van der Waals surface area contributed by atoms with Crippen LogP contribution in [0.15, 0.2) is 53.4 Å². The Balaban J connectivity index is 1.45. The van der Waals surface area contributed by atoms with E-state index in [9.17, 15) is 9.90 Å². The number of carboxylic acid groups (broad SMARTS) is 1. The number of rotatable bonds is 12. The van der Waals surface area contributed by atoms with Crippen molar-refractivity contribution in [3.8, 4) is 28.6 Å². The van der Waals surface area contributed by atoms with Crippen molar-refractivity contribution in [2.45, 2.75) is 50.9 Å². The van der Waals surface area contributed by atoms with Crippen LogP contribution in [0, 0.1) is 0 Å². The van der Waals surface area contributed by atoms with Crippen LogP contribution in [0.4, 0.5) is 5.69 Å². The average molecular weight is 526 g/mol. The number of anilines is 1. The molecule has 1 unspecified atom stereocenters. The summed E-state index contributed by atoms with van der Waals surface area (Å²) in [6.45, 7) is 5.21. The fourth-order valence-electron chi connectivity index (χ4n) is 4.52. The van der Waals surface area contributed by atoms with Gasteiger partial charge in [0.2, 0.25) is 0 Å². The second-order valence-electron chi connectivity index (χ2n) is 9.82. The van der Waals surface area contributed by atoms with Crippen LogP contribution in [0.25, 0.3) is 11.3 Å². The van der Waals surface area contributed by atoms with Crippen molar-refractivity contribution in [3.63, 3.8) is 0 Å². The van der Waals surface area contributed by atoms with Crippen molar-refractivity contribution >= 4 is 11.7 Å². The summed E-state index contributed by atoms with van der Waals surface area (Å²) in [7, 11) is 3.11. The molecule has 0 bridgehead atoms. The number of aromatic nitrogens is 1. The summed E-state index contributed by atoms with van der Waals surface area (Å²) in [5.74, 6) is 0.372. The smallest absolute Gasteiger partial charge is 0.335 e. The van der Waals surface area contributed by atoms with Crippen molar-refractivity contribution in [1.29, 1.82) is 0 Å². The molecule has 1 fully saturated rings. The summed E-state index contributed by atoms with van der Waals surface area (Å²) in [6.07, 6.45) is 6.47. The molecular weight excluding hydrogens is 490 g/mol. The lowest BCUT2D eigenvalue weighted by Gasteiger charge is -2.44. The molecule has 0 amide bonds. The molecule has 0 spiro atoms. The molecule has 0 radical (unpaired) electrons. The molecule has 3 aromatic rings. The lowest BCUT2D eigenvalue weighted by atomic mass is 9.98. The summed E-state index contributed by atoms with van der Waals surface area (Å²) in [5.41, 5.74) is 1.42. The van der Waals surface area contributed by atoms with Crippen LogP contribution in [0.1, 0.15) is 49.9 Å². The maximum atomic E-state index is 11.2. The minimum atomic E-state index is -1.02. The van der Waals surface area contributed by atoms with Gasteiger partial charge in [-0.25, -0.2) is 9.78 Å².